The molecule has 1 fully saturated rings. The van der Waals surface area contributed by atoms with E-state index in [1.165, 1.54) is 13.3 Å². The van der Waals surface area contributed by atoms with Gasteiger partial charge in [-0.05, 0) is 39.3 Å². The van der Waals surface area contributed by atoms with Crippen molar-refractivity contribution in [1.82, 2.24) is 24.6 Å². The van der Waals surface area contributed by atoms with Gasteiger partial charge in [-0.3, -0.25) is 4.79 Å². The first-order valence-electron chi connectivity index (χ1n) is 11.7. The number of nitrogens with zero attached hydrogens (tertiary/aromatic N) is 5. The second-order valence-corrected chi connectivity index (χ2v) is 9.51. The lowest BCUT2D eigenvalue weighted by molar-refractivity contribution is -0.192. The molecule has 1 aliphatic heterocycles. The fourth-order valence-electron chi connectivity index (χ4n) is 4.47. The van der Waals surface area contributed by atoms with Crippen LogP contribution in [0.25, 0.3) is 11.0 Å². The van der Waals surface area contributed by atoms with Crippen LogP contribution in [0.3, 0.4) is 0 Å². The lowest BCUT2D eigenvalue weighted by Gasteiger charge is -2.41. The van der Waals surface area contributed by atoms with E-state index in [4.69, 9.17) is 32.0 Å². The number of aliphatic hydroxyl groups excluding tert-OH is 1. The number of aromatic nitrogens is 4. The second-order valence-electron chi connectivity index (χ2n) is 9.10. The van der Waals surface area contributed by atoms with Crippen LogP contribution >= 0.6 is 11.6 Å². The Morgan fingerprint density at radius 1 is 1.23 bits per heavy atom. The maximum Gasteiger partial charge on any atom is 0.490 e. The molecule has 11 nitrogen and oxygen atoms in total. The number of hydrogen-bond donors (Lipinski definition) is 3. The lowest BCUT2D eigenvalue weighted by Crippen LogP contribution is -2.51. The Kier molecular flexibility index (Phi) is 8.60. The maximum absolute atomic E-state index is 12.1. The van der Waals surface area contributed by atoms with Crippen LogP contribution in [0.5, 0.6) is 5.75 Å². The number of rotatable bonds is 5. The van der Waals surface area contributed by atoms with Gasteiger partial charge < -0.3 is 25.6 Å². The SMILES string of the molecule is COc1c(C(C)n2nc(C)c3c(N)ncnc32)cc(Cl)c(C)c1C1CN(C(=O)[C@@H](C)O)C1.O=C(O)C(F)(F)F. The fourth-order valence-corrected chi connectivity index (χ4v) is 4.69. The van der Waals surface area contributed by atoms with Gasteiger partial charge >= 0.3 is 12.1 Å². The largest absolute Gasteiger partial charge is 0.496 e. The Morgan fingerprint density at radius 2 is 1.82 bits per heavy atom. The number of fused-ring (bicyclic) bond motifs is 1. The molecule has 0 spiro atoms. The molecule has 0 aliphatic carbocycles. The monoisotopic (exact) mass is 572 g/mol. The zero-order chi connectivity index (χ0) is 29.4. The molecule has 1 saturated heterocycles. The van der Waals surface area contributed by atoms with Gasteiger partial charge in [0.05, 0.1) is 24.2 Å². The number of carboxylic acids is 1. The van der Waals surface area contributed by atoms with Gasteiger partial charge in [0, 0.05) is 35.2 Å². The van der Waals surface area contributed by atoms with Crippen molar-refractivity contribution in [1.29, 1.82) is 0 Å². The summed E-state index contributed by atoms with van der Waals surface area (Å²) in [5.41, 5.74) is 10.2. The molecule has 3 aromatic rings. The number of nitrogen functional groups attached to an aromatic ring is 1. The van der Waals surface area contributed by atoms with E-state index in [1.807, 2.05) is 26.8 Å². The number of amides is 1. The summed E-state index contributed by atoms with van der Waals surface area (Å²) >= 11 is 6.65. The predicted molar refractivity (Wildman–Crippen MR) is 136 cm³/mol. The van der Waals surface area contributed by atoms with Crippen molar-refractivity contribution in [3.63, 3.8) is 0 Å². The van der Waals surface area contributed by atoms with E-state index in [2.05, 4.69) is 15.1 Å². The molecule has 15 heteroatoms. The summed E-state index contributed by atoms with van der Waals surface area (Å²) in [6.45, 7) is 8.31. The normalized spacial score (nSPS) is 15.3. The number of aliphatic carboxylic acids is 1. The van der Waals surface area contributed by atoms with Crippen molar-refractivity contribution in [2.75, 3.05) is 25.9 Å². The fraction of sp³-hybridized carbons (Fsp3) is 0.458. The van der Waals surface area contributed by atoms with Crippen molar-refractivity contribution in [3.05, 3.63) is 39.8 Å². The number of carbonyl (C=O) groups is 2. The number of ether oxygens (including phenoxy) is 1. The second kappa shape index (κ2) is 11.2. The van der Waals surface area contributed by atoms with Crippen LogP contribution in [0.1, 0.15) is 48.2 Å². The molecule has 0 radical (unpaired) electrons. The van der Waals surface area contributed by atoms with Gasteiger partial charge in [-0.1, -0.05) is 11.6 Å². The molecule has 1 amide bonds. The standard InChI is InChI=1S/C22H27ClN6O3.C2HF3O2/c1-10-16(23)6-15(12(3)29-21-18(11(2)27-29)20(24)25-9-26-21)19(32-5)17(10)14-7-28(8-14)22(31)13(4)30;3-2(4,5)1(6)7/h6,9,12-14,30H,7-8H2,1-5H3,(H2,24,25,26);(H,6,7)/t12?,13-;/m1./s1. The summed E-state index contributed by atoms with van der Waals surface area (Å²) in [6.07, 6.45) is -4.67. The first-order valence-corrected chi connectivity index (χ1v) is 12.1. The number of methoxy groups -OCH3 is 1. The number of likely N-dealkylation sites (tertiary alicyclic amines) is 1. The number of carboxylic acid groups (broad SMARTS) is 1. The van der Waals surface area contributed by atoms with Crippen LogP contribution in [0.15, 0.2) is 12.4 Å². The number of hydrogen-bond acceptors (Lipinski definition) is 8. The Labute approximate surface area is 226 Å². The van der Waals surface area contributed by atoms with E-state index >= 15 is 0 Å². The minimum Gasteiger partial charge on any atom is -0.496 e. The number of alkyl halides is 3. The number of aryl methyl sites for hydroxylation is 1. The third-order valence-corrected chi connectivity index (χ3v) is 6.86. The van der Waals surface area contributed by atoms with Crippen molar-refractivity contribution in [2.45, 2.75) is 51.9 Å². The van der Waals surface area contributed by atoms with E-state index < -0.39 is 18.2 Å². The van der Waals surface area contributed by atoms with Gasteiger partial charge in [-0.15, -0.1) is 0 Å². The number of aliphatic hydroxyl groups is 1. The molecular weight excluding hydrogens is 545 g/mol. The number of carbonyl (C=O) groups excluding carboxylic acids is 1. The number of nitrogens with two attached hydrogens (primary N) is 1. The molecule has 1 aromatic carbocycles. The molecule has 0 saturated carbocycles. The molecule has 1 aliphatic rings. The minimum absolute atomic E-state index is 0.0615. The Bertz CT molecular complexity index is 1410. The summed E-state index contributed by atoms with van der Waals surface area (Å²) < 4.78 is 39.4. The van der Waals surface area contributed by atoms with Crippen LogP contribution in [-0.2, 0) is 9.59 Å². The average Bonchev–Trinajstić information content (AvgIpc) is 3.17. The van der Waals surface area contributed by atoms with Gasteiger partial charge in [0.15, 0.2) is 5.65 Å². The predicted octanol–water partition coefficient (Wildman–Crippen LogP) is 3.24. The summed E-state index contributed by atoms with van der Waals surface area (Å²) in [5, 5.41) is 22.7. The molecule has 4 N–H and O–H groups in total. The zero-order valence-electron chi connectivity index (χ0n) is 21.7. The van der Waals surface area contributed by atoms with Crippen LogP contribution < -0.4 is 10.5 Å². The molecule has 39 heavy (non-hydrogen) atoms. The Balaban J connectivity index is 0.000000532. The Hall–Kier alpha value is -3.65. The highest BCUT2D eigenvalue weighted by molar-refractivity contribution is 6.31. The van der Waals surface area contributed by atoms with Gasteiger partial charge in [0.1, 0.15) is 24.0 Å². The van der Waals surface area contributed by atoms with E-state index in [1.54, 1.807) is 16.7 Å². The van der Waals surface area contributed by atoms with Crippen LogP contribution in [0.4, 0.5) is 19.0 Å². The molecular formula is C24H28ClF3N6O5. The molecule has 2 aromatic heterocycles. The molecule has 3 heterocycles. The maximum atomic E-state index is 12.1. The van der Waals surface area contributed by atoms with Crippen LogP contribution in [-0.4, -0.2) is 79.2 Å². The van der Waals surface area contributed by atoms with E-state index in [9.17, 15) is 23.1 Å². The third-order valence-electron chi connectivity index (χ3n) is 6.47. The zero-order valence-corrected chi connectivity index (χ0v) is 22.5. The quantitative estimate of drug-likeness (QED) is 0.417. The van der Waals surface area contributed by atoms with Gasteiger partial charge in [-0.25, -0.2) is 19.4 Å². The summed E-state index contributed by atoms with van der Waals surface area (Å²) in [4.78, 5) is 31.1. The molecule has 1 unspecified atom stereocenters. The first kappa shape index (κ1) is 29.9. The number of benzene rings is 1. The van der Waals surface area contributed by atoms with Gasteiger partial charge in [0.25, 0.3) is 5.91 Å². The van der Waals surface area contributed by atoms with Crippen molar-refractivity contribution in [2.24, 2.45) is 0 Å². The van der Waals surface area contributed by atoms with E-state index in [-0.39, 0.29) is 17.9 Å². The topological polar surface area (TPSA) is 157 Å². The van der Waals surface area contributed by atoms with Gasteiger partial charge in [0.2, 0.25) is 0 Å². The molecule has 212 valence electrons. The Morgan fingerprint density at radius 3 is 2.33 bits per heavy atom. The molecule has 0 bridgehead atoms. The number of anilines is 1. The van der Waals surface area contributed by atoms with Crippen LogP contribution in [0.2, 0.25) is 5.02 Å². The highest BCUT2D eigenvalue weighted by atomic mass is 35.5. The lowest BCUT2D eigenvalue weighted by atomic mass is 9.85. The summed E-state index contributed by atoms with van der Waals surface area (Å²) in [6, 6.07) is 1.65. The highest BCUT2D eigenvalue weighted by Gasteiger charge is 2.39. The summed E-state index contributed by atoms with van der Waals surface area (Å²) in [5.74, 6) is -1.86. The smallest absolute Gasteiger partial charge is 0.490 e. The first-order chi connectivity index (χ1) is 18.1. The van der Waals surface area contributed by atoms with Gasteiger partial charge in [-0.2, -0.15) is 18.3 Å². The number of halogens is 4. The van der Waals surface area contributed by atoms with Crippen molar-refractivity contribution < 1.29 is 37.7 Å². The van der Waals surface area contributed by atoms with Crippen molar-refractivity contribution >= 4 is 40.3 Å². The molecule has 4 rings (SSSR count). The summed E-state index contributed by atoms with van der Waals surface area (Å²) in [7, 11) is 1.63. The van der Waals surface area contributed by atoms with Crippen LogP contribution in [0, 0.1) is 13.8 Å². The van der Waals surface area contributed by atoms with E-state index in [0.29, 0.717) is 29.6 Å². The average molecular weight is 573 g/mol. The van der Waals surface area contributed by atoms with E-state index in [0.717, 1.165) is 33.5 Å². The highest BCUT2D eigenvalue weighted by Crippen LogP contribution is 2.44. The minimum atomic E-state index is -5.08. The van der Waals surface area contributed by atoms with Crippen molar-refractivity contribution in [3.8, 4) is 5.75 Å². The molecule has 2 atom stereocenters. The third kappa shape index (κ3) is 5.86.